The van der Waals surface area contributed by atoms with Crippen molar-refractivity contribution >= 4 is 28.5 Å². The van der Waals surface area contributed by atoms with Crippen LogP contribution in [0, 0.1) is 0 Å². The van der Waals surface area contributed by atoms with Crippen LogP contribution >= 0.6 is 11.8 Å². The molecule has 1 aromatic carbocycles. The van der Waals surface area contributed by atoms with Crippen LogP contribution in [0.25, 0.3) is 0 Å². The van der Waals surface area contributed by atoms with E-state index in [0.717, 1.165) is 24.9 Å². The van der Waals surface area contributed by atoms with Gasteiger partial charge in [-0.15, -0.1) is 0 Å². The summed E-state index contributed by atoms with van der Waals surface area (Å²) in [5.74, 6) is -0.588. The van der Waals surface area contributed by atoms with E-state index in [4.69, 9.17) is 4.74 Å². The molecule has 1 unspecified atom stereocenters. The SMILES string of the molecule is COc1ccc(N2CC(SC(C)=O)CC2=O)cc1C(F)(F)F. The van der Waals surface area contributed by atoms with E-state index < -0.39 is 11.7 Å². The minimum Gasteiger partial charge on any atom is -0.496 e. The number of carbonyl (C=O) groups is 2. The number of carbonyl (C=O) groups excluding carboxylic acids is 2. The Balaban J connectivity index is 2.30. The molecule has 0 N–H and O–H groups in total. The average molecular weight is 333 g/mol. The number of halogens is 3. The molecule has 8 heteroatoms. The lowest BCUT2D eigenvalue weighted by molar-refractivity contribution is -0.138. The van der Waals surface area contributed by atoms with E-state index in [-0.39, 0.29) is 40.7 Å². The Bertz CT molecular complexity index is 603. The third-order valence-electron chi connectivity index (χ3n) is 3.22. The number of amides is 1. The number of ether oxygens (including phenoxy) is 1. The van der Waals surface area contributed by atoms with Crippen LogP contribution < -0.4 is 9.64 Å². The van der Waals surface area contributed by atoms with E-state index in [0.29, 0.717) is 0 Å². The number of nitrogens with zero attached hydrogens (tertiary/aromatic N) is 1. The van der Waals surface area contributed by atoms with Gasteiger partial charge in [0.1, 0.15) is 5.75 Å². The van der Waals surface area contributed by atoms with Crippen LogP contribution in [-0.2, 0) is 15.8 Å². The highest BCUT2D eigenvalue weighted by molar-refractivity contribution is 8.14. The highest BCUT2D eigenvalue weighted by Gasteiger charge is 2.37. The van der Waals surface area contributed by atoms with Gasteiger partial charge in [0.2, 0.25) is 5.91 Å². The number of alkyl halides is 3. The molecule has 0 aliphatic carbocycles. The van der Waals surface area contributed by atoms with Gasteiger partial charge in [-0.1, -0.05) is 11.8 Å². The van der Waals surface area contributed by atoms with Crippen molar-refractivity contribution in [3.05, 3.63) is 23.8 Å². The Labute approximate surface area is 129 Å². The molecule has 22 heavy (non-hydrogen) atoms. The second-order valence-electron chi connectivity index (χ2n) is 4.82. The normalized spacial score (nSPS) is 18.7. The van der Waals surface area contributed by atoms with Gasteiger partial charge in [0.25, 0.3) is 0 Å². The fourth-order valence-electron chi connectivity index (χ4n) is 2.32. The van der Waals surface area contributed by atoms with Crippen LogP contribution in [0.3, 0.4) is 0 Å². The molecule has 1 heterocycles. The first-order valence-corrected chi connectivity index (χ1v) is 7.33. The van der Waals surface area contributed by atoms with Crippen LogP contribution in [0.1, 0.15) is 18.9 Å². The van der Waals surface area contributed by atoms with Gasteiger partial charge in [-0.25, -0.2) is 0 Å². The van der Waals surface area contributed by atoms with Crippen LogP contribution in [-0.4, -0.2) is 29.9 Å². The maximum atomic E-state index is 13.0. The summed E-state index contributed by atoms with van der Waals surface area (Å²) in [7, 11) is 1.16. The lowest BCUT2D eigenvalue weighted by Crippen LogP contribution is -2.25. The fraction of sp³-hybridized carbons (Fsp3) is 0.429. The van der Waals surface area contributed by atoms with E-state index in [2.05, 4.69) is 0 Å². The molecular weight excluding hydrogens is 319 g/mol. The van der Waals surface area contributed by atoms with E-state index in [9.17, 15) is 22.8 Å². The van der Waals surface area contributed by atoms with Crippen LogP contribution in [0.2, 0.25) is 0 Å². The topological polar surface area (TPSA) is 46.6 Å². The number of benzene rings is 1. The van der Waals surface area contributed by atoms with Crippen molar-refractivity contribution in [3.63, 3.8) is 0 Å². The first-order valence-electron chi connectivity index (χ1n) is 6.45. The molecule has 1 aliphatic heterocycles. The summed E-state index contributed by atoms with van der Waals surface area (Å²) in [5.41, 5.74) is -0.771. The minimum atomic E-state index is -4.57. The Morgan fingerprint density at radius 3 is 2.64 bits per heavy atom. The largest absolute Gasteiger partial charge is 0.496 e. The van der Waals surface area contributed by atoms with Crippen LogP contribution in [0.15, 0.2) is 18.2 Å². The molecule has 0 saturated carbocycles. The van der Waals surface area contributed by atoms with Crippen molar-refractivity contribution in [3.8, 4) is 5.75 Å². The van der Waals surface area contributed by atoms with E-state index in [1.165, 1.54) is 24.0 Å². The molecule has 1 fully saturated rings. The molecule has 120 valence electrons. The van der Waals surface area contributed by atoms with Crippen molar-refractivity contribution in [2.75, 3.05) is 18.6 Å². The van der Waals surface area contributed by atoms with Gasteiger partial charge in [-0.3, -0.25) is 9.59 Å². The summed E-state index contributed by atoms with van der Waals surface area (Å²) in [5, 5.41) is -0.355. The van der Waals surface area contributed by atoms with Crippen LogP contribution in [0.4, 0.5) is 18.9 Å². The highest BCUT2D eigenvalue weighted by Crippen LogP contribution is 2.39. The zero-order valence-electron chi connectivity index (χ0n) is 11.9. The smallest absolute Gasteiger partial charge is 0.420 e. The Morgan fingerprint density at radius 2 is 2.09 bits per heavy atom. The van der Waals surface area contributed by atoms with E-state index >= 15 is 0 Å². The molecule has 1 saturated heterocycles. The minimum absolute atomic E-state index is 0.120. The van der Waals surface area contributed by atoms with Crippen molar-refractivity contribution in [1.29, 1.82) is 0 Å². The molecule has 0 spiro atoms. The van der Waals surface area contributed by atoms with Crippen molar-refractivity contribution in [2.45, 2.75) is 24.8 Å². The zero-order valence-corrected chi connectivity index (χ0v) is 12.8. The van der Waals surface area contributed by atoms with E-state index in [1.807, 2.05) is 0 Å². The van der Waals surface area contributed by atoms with Gasteiger partial charge < -0.3 is 9.64 Å². The second-order valence-corrected chi connectivity index (χ2v) is 6.30. The molecule has 1 atom stereocenters. The standard InChI is InChI=1S/C14H14F3NO3S/c1-8(19)22-10-6-13(20)18(7-10)9-3-4-12(21-2)11(5-9)14(15,16)17/h3-5,10H,6-7H2,1-2H3. The maximum Gasteiger partial charge on any atom is 0.420 e. The number of thioether (sulfide) groups is 1. The molecular formula is C14H14F3NO3S. The predicted octanol–water partition coefficient (Wildman–Crippen LogP) is 3.10. The van der Waals surface area contributed by atoms with Gasteiger partial charge in [-0.2, -0.15) is 13.2 Å². The molecule has 1 amide bonds. The predicted molar refractivity (Wildman–Crippen MR) is 77.0 cm³/mol. The van der Waals surface area contributed by atoms with Gasteiger partial charge in [0.05, 0.1) is 12.7 Å². The zero-order chi connectivity index (χ0) is 16.5. The third-order valence-corrected chi connectivity index (χ3v) is 4.20. The Kier molecular flexibility index (Phi) is 4.69. The second kappa shape index (κ2) is 6.20. The molecule has 1 aromatic rings. The van der Waals surface area contributed by atoms with Gasteiger partial charge in [-0.05, 0) is 18.2 Å². The molecule has 0 radical (unpaired) electrons. The Hall–Kier alpha value is -1.70. The monoisotopic (exact) mass is 333 g/mol. The molecule has 1 aliphatic rings. The molecule has 0 aromatic heterocycles. The number of rotatable bonds is 3. The fourth-order valence-corrected chi connectivity index (χ4v) is 3.24. The van der Waals surface area contributed by atoms with Gasteiger partial charge in [0, 0.05) is 30.8 Å². The first-order chi connectivity index (χ1) is 10.2. The lowest BCUT2D eigenvalue weighted by atomic mass is 10.1. The van der Waals surface area contributed by atoms with Gasteiger partial charge >= 0.3 is 6.18 Å². The summed E-state index contributed by atoms with van der Waals surface area (Å²) in [6.07, 6.45) is -4.44. The van der Waals surface area contributed by atoms with Crippen molar-refractivity contribution in [1.82, 2.24) is 0 Å². The Morgan fingerprint density at radius 1 is 1.41 bits per heavy atom. The number of hydrogen-bond donors (Lipinski definition) is 0. The molecule has 2 rings (SSSR count). The molecule has 0 bridgehead atoms. The van der Waals surface area contributed by atoms with E-state index in [1.54, 1.807) is 0 Å². The highest BCUT2D eigenvalue weighted by atomic mass is 32.2. The first kappa shape index (κ1) is 16.7. The summed E-state index contributed by atoms with van der Waals surface area (Å²) >= 11 is 1.03. The molecule has 4 nitrogen and oxygen atoms in total. The number of methoxy groups -OCH3 is 1. The van der Waals surface area contributed by atoms with Crippen molar-refractivity contribution < 1.29 is 27.5 Å². The summed E-state index contributed by atoms with van der Waals surface area (Å²) in [4.78, 5) is 24.3. The maximum absolute atomic E-state index is 13.0. The lowest BCUT2D eigenvalue weighted by Gasteiger charge is -2.19. The summed E-state index contributed by atoms with van der Waals surface area (Å²) in [6.45, 7) is 1.61. The van der Waals surface area contributed by atoms with Crippen LogP contribution in [0.5, 0.6) is 5.75 Å². The quantitative estimate of drug-likeness (QED) is 0.853. The number of anilines is 1. The third kappa shape index (κ3) is 3.55. The van der Waals surface area contributed by atoms with Gasteiger partial charge in [0.15, 0.2) is 5.12 Å². The number of hydrogen-bond acceptors (Lipinski definition) is 4. The summed E-state index contributed by atoms with van der Waals surface area (Å²) < 4.78 is 43.8. The summed E-state index contributed by atoms with van der Waals surface area (Å²) in [6, 6.07) is 3.50. The van der Waals surface area contributed by atoms with Crippen molar-refractivity contribution in [2.24, 2.45) is 0 Å². The average Bonchev–Trinajstić information content (AvgIpc) is 2.77.